The van der Waals surface area contributed by atoms with Crippen molar-refractivity contribution < 1.29 is 0 Å². The van der Waals surface area contributed by atoms with Crippen molar-refractivity contribution in [1.29, 1.82) is 0 Å². The number of anilines is 1. The Morgan fingerprint density at radius 1 is 1.04 bits per heavy atom. The number of likely N-dealkylation sites (N-methyl/N-ethyl adjacent to an activating group) is 1. The zero-order valence-electron chi connectivity index (χ0n) is 15.1. The Morgan fingerprint density at radius 3 is 2.65 bits per heavy atom. The molecule has 0 radical (unpaired) electrons. The third kappa shape index (κ3) is 3.67. The molecule has 1 aliphatic rings. The van der Waals surface area contributed by atoms with Crippen LogP contribution in [0.1, 0.15) is 0 Å². The monoisotopic (exact) mass is 365 g/mol. The number of nitrogens with one attached hydrogen (secondary N) is 1. The van der Waals surface area contributed by atoms with Crippen molar-refractivity contribution in [3.8, 4) is 11.1 Å². The zero-order chi connectivity index (χ0) is 17.9. The maximum Gasteiger partial charge on any atom is 0.238 e. The molecule has 0 spiro atoms. The average Bonchev–Trinajstić information content (AvgIpc) is 2.69. The second-order valence-electron chi connectivity index (χ2n) is 6.57. The summed E-state index contributed by atoms with van der Waals surface area (Å²) in [5.74, 6) is 0.666. The predicted molar refractivity (Wildman–Crippen MR) is 109 cm³/mol. The summed E-state index contributed by atoms with van der Waals surface area (Å²) in [5, 5.41) is 3.24. The van der Waals surface area contributed by atoms with E-state index in [4.69, 9.17) is 0 Å². The Labute approximate surface area is 158 Å². The summed E-state index contributed by atoms with van der Waals surface area (Å²) < 4.78 is 0. The van der Waals surface area contributed by atoms with Crippen LogP contribution in [-0.4, -0.2) is 59.4 Å². The first kappa shape index (κ1) is 17.3. The lowest BCUT2D eigenvalue weighted by atomic mass is 10.0. The maximum atomic E-state index is 4.68. The van der Waals surface area contributed by atoms with Crippen molar-refractivity contribution in [3.05, 3.63) is 48.7 Å². The molecule has 1 saturated heterocycles. The molecule has 1 aromatic heterocycles. The molecule has 3 aromatic rings. The van der Waals surface area contributed by atoms with Gasteiger partial charge in [-0.05, 0) is 42.6 Å². The fraction of sp³-hybridized carbons (Fsp3) is 0.300. The Morgan fingerprint density at radius 2 is 1.85 bits per heavy atom. The summed E-state index contributed by atoms with van der Waals surface area (Å²) in [4.78, 5) is 12.8. The van der Waals surface area contributed by atoms with E-state index in [0.717, 1.165) is 37.1 Å². The van der Waals surface area contributed by atoms with Crippen LogP contribution in [0.4, 0.5) is 5.95 Å². The molecule has 134 valence electrons. The first-order valence-corrected chi connectivity index (χ1v) is 10.1. The van der Waals surface area contributed by atoms with E-state index < -0.39 is 0 Å². The summed E-state index contributed by atoms with van der Waals surface area (Å²) in [5.41, 5.74) is 6.75. The number of rotatable bonds is 4. The number of benzene rings is 2. The van der Waals surface area contributed by atoms with Gasteiger partial charge in [0.2, 0.25) is 5.95 Å². The van der Waals surface area contributed by atoms with Gasteiger partial charge in [-0.1, -0.05) is 24.3 Å². The van der Waals surface area contributed by atoms with E-state index >= 15 is 0 Å². The Kier molecular flexibility index (Phi) is 5.06. The van der Waals surface area contributed by atoms with Gasteiger partial charge < -0.3 is 4.90 Å². The highest BCUT2D eigenvalue weighted by molar-refractivity contribution is 7.98. The summed E-state index contributed by atoms with van der Waals surface area (Å²) >= 11 is 1.77. The largest absolute Gasteiger partial charge is 0.304 e. The van der Waals surface area contributed by atoms with Crippen LogP contribution in [0.5, 0.6) is 0 Å². The summed E-state index contributed by atoms with van der Waals surface area (Å²) in [6.07, 6.45) is 4.02. The highest BCUT2D eigenvalue weighted by Gasteiger charge is 2.14. The zero-order valence-corrected chi connectivity index (χ0v) is 16.0. The molecule has 0 saturated carbocycles. The van der Waals surface area contributed by atoms with E-state index in [1.165, 1.54) is 16.0 Å². The van der Waals surface area contributed by atoms with Gasteiger partial charge in [0.25, 0.3) is 0 Å². The highest BCUT2D eigenvalue weighted by Crippen LogP contribution is 2.31. The molecule has 0 bridgehead atoms. The summed E-state index contributed by atoms with van der Waals surface area (Å²) in [7, 11) is 2.15. The lowest BCUT2D eigenvalue weighted by Crippen LogP contribution is -2.47. The molecular formula is C20H23N5S. The number of hydrogen-bond acceptors (Lipinski definition) is 6. The molecule has 5 nitrogen and oxygen atoms in total. The maximum absolute atomic E-state index is 4.68. The number of thioether (sulfide) groups is 1. The van der Waals surface area contributed by atoms with Gasteiger partial charge in [0.15, 0.2) is 0 Å². The van der Waals surface area contributed by atoms with Crippen LogP contribution in [0, 0.1) is 0 Å². The lowest BCUT2D eigenvalue weighted by molar-refractivity contribution is 0.178. The number of fused-ring (bicyclic) bond motifs is 1. The fourth-order valence-corrected chi connectivity index (χ4v) is 3.82. The smallest absolute Gasteiger partial charge is 0.238 e. The fourth-order valence-electron chi connectivity index (χ4n) is 3.20. The molecule has 2 heterocycles. The van der Waals surface area contributed by atoms with Gasteiger partial charge >= 0.3 is 0 Å². The number of hydrogen-bond donors (Lipinski definition) is 1. The van der Waals surface area contributed by atoms with Crippen LogP contribution >= 0.6 is 11.8 Å². The second-order valence-corrected chi connectivity index (χ2v) is 7.42. The molecule has 1 aliphatic heterocycles. The van der Waals surface area contributed by atoms with Gasteiger partial charge in [-0.25, -0.2) is 15.0 Å². The van der Waals surface area contributed by atoms with Crippen LogP contribution in [0.2, 0.25) is 0 Å². The number of nitrogens with zero attached hydrogens (tertiary/aromatic N) is 4. The van der Waals surface area contributed by atoms with Gasteiger partial charge in [-0.3, -0.25) is 5.43 Å². The topological polar surface area (TPSA) is 44.3 Å². The summed E-state index contributed by atoms with van der Waals surface area (Å²) in [6, 6.07) is 14.9. The molecule has 0 aliphatic carbocycles. The van der Waals surface area contributed by atoms with Crippen molar-refractivity contribution >= 4 is 28.6 Å². The molecule has 6 heteroatoms. The lowest BCUT2D eigenvalue weighted by Gasteiger charge is -2.32. The highest BCUT2D eigenvalue weighted by atomic mass is 32.2. The standard InChI is InChI=1S/C20H23N5S/c1-24-9-11-25(12-10-24)23-20-21-14-16-13-15(7-8-18(16)22-20)17-5-3-4-6-19(17)26-2/h3-8,13-14H,9-12H2,1-2H3,(H,21,22,23). The molecule has 4 rings (SSSR count). The minimum atomic E-state index is 0.666. The molecule has 26 heavy (non-hydrogen) atoms. The minimum Gasteiger partial charge on any atom is -0.304 e. The van der Waals surface area contributed by atoms with Gasteiger partial charge in [0.05, 0.1) is 5.52 Å². The van der Waals surface area contributed by atoms with E-state index in [1.54, 1.807) is 11.8 Å². The number of aromatic nitrogens is 2. The Bertz CT molecular complexity index is 906. The first-order valence-electron chi connectivity index (χ1n) is 8.83. The Hall–Kier alpha value is -2.15. The minimum absolute atomic E-state index is 0.666. The molecule has 0 amide bonds. The van der Waals surface area contributed by atoms with Gasteiger partial charge in [0.1, 0.15) is 0 Å². The van der Waals surface area contributed by atoms with Crippen molar-refractivity contribution in [3.63, 3.8) is 0 Å². The SMILES string of the molecule is CSc1ccccc1-c1ccc2nc(NN3CCN(C)CC3)ncc2c1. The second kappa shape index (κ2) is 7.61. The van der Waals surface area contributed by atoms with E-state index in [2.05, 4.69) is 81.1 Å². The van der Waals surface area contributed by atoms with Gasteiger partial charge in [-0.2, -0.15) is 0 Å². The van der Waals surface area contributed by atoms with E-state index in [9.17, 15) is 0 Å². The van der Waals surface area contributed by atoms with Crippen LogP contribution in [0.15, 0.2) is 53.6 Å². The molecule has 1 fully saturated rings. The van der Waals surface area contributed by atoms with Crippen LogP contribution in [0.3, 0.4) is 0 Å². The molecule has 1 N–H and O–H groups in total. The number of piperazine rings is 1. The molecular weight excluding hydrogens is 342 g/mol. The van der Waals surface area contributed by atoms with Gasteiger partial charge in [0, 0.05) is 42.7 Å². The molecule has 0 unspecified atom stereocenters. The van der Waals surface area contributed by atoms with Crippen molar-refractivity contribution in [1.82, 2.24) is 19.9 Å². The third-order valence-corrected chi connectivity index (χ3v) is 5.55. The normalized spacial score (nSPS) is 16.1. The summed E-state index contributed by atoms with van der Waals surface area (Å²) in [6.45, 7) is 4.06. The van der Waals surface area contributed by atoms with Crippen LogP contribution in [-0.2, 0) is 0 Å². The van der Waals surface area contributed by atoms with E-state index in [1.807, 2.05) is 6.20 Å². The van der Waals surface area contributed by atoms with Gasteiger partial charge in [-0.15, -0.1) is 11.8 Å². The Balaban J connectivity index is 1.58. The van der Waals surface area contributed by atoms with Crippen molar-refractivity contribution in [2.24, 2.45) is 0 Å². The first-order chi connectivity index (χ1) is 12.7. The third-order valence-electron chi connectivity index (χ3n) is 4.76. The van der Waals surface area contributed by atoms with Crippen molar-refractivity contribution in [2.75, 3.05) is 44.9 Å². The van der Waals surface area contributed by atoms with E-state index in [-0.39, 0.29) is 0 Å². The quantitative estimate of drug-likeness (QED) is 0.713. The van der Waals surface area contributed by atoms with E-state index in [0.29, 0.717) is 5.95 Å². The molecule has 0 atom stereocenters. The van der Waals surface area contributed by atoms with Crippen LogP contribution in [0.25, 0.3) is 22.0 Å². The molecule has 2 aromatic carbocycles. The number of hydrazine groups is 1. The average molecular weight is 366 g/mol. The van der Waals surface area contributed by atoms with Crippen LogP contribution < -0.4 is 5.43 Å². The van der Waals surface area contributed by atoms with Crippen molar-refractivity contribution in [2.45, 2.75) is 4.90 Å². The predicted octanol–water partition coefficient (Wildman–Crippen LogP) is 3.59.